The Morgan fingerprint density at radius 3 is 2.52 bits per heavy atom. The summed E-state index contributed by atoms with van der Waals surface area (Å²) in [4.78, 5) is 17.0. The smallest absolute Gasteiger partial charge is 0.379 e. The molecule has 0 fully saturated rings. The van der Waals surface area contributed by atoms with Gasteiger partial charge in [0, 0.05) is 30.7 Å². The number of rotatable bonds is 4. The fraction of sp³-hybridized carbons (Fsp3) is 0.143. The molecule has 0 saturated heterocycles. The molecule has 2 aromatic carbocycles. The van der Waals surface area contributed by atoms with Crippen LogP contribution in [0.2, 0.25) is 0 Å². The van der Waals surface area contributed by atoms with Crippen LogP contribution < -0.4 is 11.0 Å². The summed E-state index contributed by atoms with van der Waals surface area (Å²) in [6.45, 7) is 0.372. The molecule has 4 rings (SSSR count). The molecule has 0 radical (unpaired) electrons. The number of fused-ring (bicyclic) bond motifs is 1. The Morgan fingerprint density at radius 2 is 1.79 bits per heavy atom. The Labute approximate surface area is 164 Å². The summed E-state index contributed by atoms with van der Waals surface area (Å²) in [5.41, 5.74) is 1.53. The maximum Gasteiger partial charge on any atom is 0.416 e. The van der Waals surface area contributed by atoms with Crippen LogP contribution in [-0.2, 0) is 19.8 Å². The second kappa shape index (κ2) is 7.12. The fourth-order valence-electron chi connectivity index (χ4n) is 3.14. The highest BCUT2D eigenvalue weighted by Crippen LogP contribution is 2.33. The molecule has 8 heteroatoms. The molecule has 5 nitrogen and oxygen atoms in total. The predicted octanol–water partition coefficient (Wildman–Crippen LogP) is 4.33. The third kappa shape index (κ3) is 3.73. The highest BCUT2D eigenvalue weighted by atomic mass is 19.4. The third-order valence-electron chi connectivity index (χ3n) is 4.58. The van der Waals surface area contributed by atoms with Crippen LogP contribution in [-0.4, -0.2) is 14.0 Å². The molecule has 0 unspecified atom stereocenters. The van der Waals surface area contributed by atoms with E-state index in [1.165, 1.54) is 21.2 Å². The first kappa shape index (κ1) is 18.8. The molecule has 0 bridgehead atoms. The van der Waals surface area contributed by atoms with E-state index in [1.807, 2.05) is 30.3 Å². The largest absolute Gasteiger partial charge is 0.416 e. The molecule has 148 valence electrons. The Balaban J connectivity index is 1.78. The summed E-state index contributed by atoms with van der Waals surface area (Å²) in [5, 5.41) is 3.21. The first-order chi connectivity index (χ1) is 13.8. The minimum atomic E-state index is -4.45. The summed E-state index contributed by atoms with van der Waals surface area (Å²) < 4.78 is 42.1. The molecule has 0 amide bonds. The van der Waals surface area contributed by atoms with E-state index in [1.54, 1.807) is 19.3 Å². The van der Waals surface area contributed by atoms with E-state index in [9.17, 15) is 18.0 Å². The van der Waals surface area contributed by atoms with Crippen LogP contribution in [0.3, 0.4) is 0 Å². The molecule has 0 atom stereocenters. The van der Waals surface area contributed by atoms with Gasteiger partial charge in [-0.15, -0.1) is 0 Å². The van der Waals surface area contributed by atoms with E-state index in [0.717, 1.165) is 17.8 Å². The molecule has 2 heterocycles. The quantitative estimate of drug-likeness (QED) is 0.557. The van der Waals surface area contributed by atoms with E-state index in [-0.39, 0.29) is 5.69 Å². The number of nitrogens with one attached hydrogen (secondary N) is 1. The summed E-state index contributed by atoms with van der Waals surface area (Å²) in [7, 11) is 1.56. The van der Waals surface area contributed by atoms with Gasteiger partial charge in [-0.2, -0.15) is 13.2 Å². The van der Waals surface area contributed by atoms with Gasteiger partial charge in [0.05, 0.1) is 17.8 Å². The zero-order chi connectivity index (χ0) is 20.6. The van der Waals surface area contributed by atoms with E-state index < -0.39 is 11.7 Å². The highest BCUT2D eigenvalue weighted by Gasteiger charge is 2.30. The second-order valence-corrected chi connectivity index (χ2v) is 6.66. The maximum atomic E-state index is 13.1. The van der Waals surface area contributed by atoms with Gasteiger partial charge in [0.15, 0.2) is 5.65 Å². The number of hydrogen-bond donors (Lipinski definition) is 1. The van der Waals surface area contributed by atoms with Crippen molar-refractivity contribution in [2.45, 2.75) is 12.7 Å². The van der Waals surface area contributed by atoms with Crippen molar-refractivity contribution in [3.8, 4) is 11.1 Å². The average Bonchev–Trinajstić information content (AvgIpc) is 3.14. The molecular weight excluding hydrogens is 381 g/mol. The number of hydrogen-bond acceptors (Lipinski definition) is 3. The number of aromatic nitrogens is 3. The standard InChI is InChI=1S/C21H17F3N4O/c1-27-13-18(14-6-5-7-15(10-14)21(22,23)24)19-26-17(12-28(19)20(27)29)11-25-16-8-3-2-4-9-16/h2-10,12-13,25H,11H2,1H3. The number of imidazole rings is 1. The number of nitrogens with zero attached hydrogens (tertiary/aromatic N) is 3. The Morgan fingerprint density at radius 1 is 1.03 bits per heavy atom. The SMILES string of the molecule is Cn1cc(-c2cccc(C(F)(F)F)c2)c2nc(CNc3ccccc3)cn2c1=O. The van der Waals surface area contributed by atoms with Gasteiger partial charge >= 0.3 is 11.9 Å². The van der Waals surface area contributed by atoms with E-state index in [4.69, 9.17) is 0 Å². The molecule has 0 aliphatic carbocycles. The minimum absolute atomic E-state index is 0.317. The number of para-hydroxylation sites is 1. The Hall–Kier alpha value is -3.55. The second-order valence-electron chi connectivity index (χ2n) is 6.66. The summed E-state index contributed by atoms with van der Waals surface area (Å²) in [6.07, 6.45) is -1.34. The molecule has 0 aliphatic heterocycles. The first-order valence-electron chi connectivity index (χ1n) is 8.87. The zero-order valence-electron chi connectivity index (χ0n) is 15.4. The molecule has 1 N–H and O–H groups in total. The van der Waals surface area contributed by atoms with Crippen LogP contribution in [0.4, 0.5) is 18.9 Å². The van der Waals surface area contributed by atoms with Crippen LogP contribution in [0.5, 0.6) is 0 Å². The lowest BCUT2D eigenvalue weighted by atomic mass is 10.1. The molecule has 29 heavy (non-hydrogen) atoms. The van der Waals surface area contributed by atoms with Crippen LogP contribution in [0, 0.1) is 0 Å². The van der Waals surface area contributed by atoms with Crippen LogP contribution in [0.15, 0.2) is 71.8 Å². The zero-order valence-corrected chi connectivity index (χ0v) is 15.4. The fourth-order valence-corrected chi connectivity index (χ4v) is 3.14. The summed E-state index contributed by atoms with van der Waals surface area (Å²) in [6, 6.07) is 14.5. The van der Waals surface area contributed by atoms with Gasteiger partial charge in [0.25, 0.3) is 0 Å². The van der Waals surface area contributed by atoms with Gasteiger partial charge in [-0.05, 0) is 29.8 Å². The monoisotopic (exact) mass is 398 g/mol. The highest BCUT2D eigenvalue weighted by molar-refractivity contribution is 5.77. The molecule has 0 saturated carbocycles. The van der Waals surface area contributed by atoms with Crippen LogP contribution in [0.1, 0.15) is 11.3 Å². The number of benzene rings is 2. The summed E-state index contributed by atoms with van der Waals surface area (Å²) >= 11 is 0. The lowest BCUT2D eigenvalue weighted by molar-refractivity contribution is -0.137. The lowest BCUT2D eigenvalue weighted by Gasteiger charge is -2.10. The van der Waals surface area contributed by atoms with Crippen molar-refractivity contribution >= 4 is 11.3 Å². The Kier molecular flexibility index (Phi) is 4.62. The maximum absolute atomic E-state index is 13.1. The van der Waals surface area contributed by atoms with Gasteiger partial charge in [-0.3, -0.25) is 4.40 Å². The lowest BCUT2D eigenvalue weighted by Crippen LogP contribution is -2.23. The van der Waals surface area contributed by atoms with Crippen molar-refractivity contribution in [3.63, 3.8) is 0 Å². The van der Waals surface area contributed by atoms with Crippen molar-refractivity contribution in [2.75, 3.05) is 5.32 Å². The van der Waals surface area contributed by atoms with E-state index in [2.05, 4.69) is 10.3 Å². The molecule has 2 aromatic heterocycles. The van der Waals surface area contributed by atoms with Crippen molar-refractivity contribution in [3.05, 3.63) is 88.7 Å². The van der Waals surface area contributed by atoms with Crippen molar-refractivity contribution in [1.29, 1.82) is 0 Å². The number of halogens is 3. The van der Waals surface area contributed by atoms with E-state index >= 15 is 0 Å². The third-order valence-corrected chi connectivity index (χ3v) is 4.58. The normalized spacial score (nSPS) is 11.7. The first-order valence-corrected chi connectivity index (χ1v) is 8.87. The number of alkyl halides is 3. The number of aryl methyl sites for hydroxylation is 1. The molecular formula is C21H17F3N4O. The minimum Gasteiger partial charge on any atom is -0.379 e. The number of anilines is 1. The van der Waals surface area contributed by atoms with Gasteiger partial charge in [-0.25, -0.2) is 9.78 Å². The Bertz CT molecular complexity index is 1230. The summed E-state index contributed by atoms with van der Waals surface area (Å²) in [5.74, 6) is 0. The molecule has 0 spiro atoms. The molecule has 0 aliphatic rings. The van der Waals surface area contributed by atoms with Crippen molar-refractivity contribution in [1.82, 2.24) is 14.0 Å². The topological polar surface area (TPSA) is 51.3 Å². The predicted molar refractivity (Wildman–Crippen MR) is 105 cm³/mol. The van der Waals surface area contributed by atoms with Gasteiger partial charge in [0.1, 0.15) is 0 Å². The van der Waals surface area contributed by atoms with Gasteiger partial charge < -0.3 is 9.88 Å². The van der Waals surface area contributed by atoms with Crippen LogP contribution >= 0.6 is 0 Å². The molecule has 4 aromatic rings. The van der Waals surface area contributed by atoms with Gasteiger partial charge in [0.2, 0.25) is 0 Å². The van der Waals surface area contributed by atoms with Crippen molar-refractivity contribution < 1.29 is 13.2 Å². The van der Waals surface area contributed by atoms with Crippen molar-refractivity contribution in [2.24, 2.45) is 7.05 Å². The van der Waals surface area contributed by atoms with Crippen LogP contribution in [0.25, 0.3) is 16.8 Å². The average molecular weight is 398 g/mol. The van der Waals surface area contributed by atoms with E-state index in [0.29, 0.717) is 29.0 Å². The van der Waals surface area contributed by atoms with Gasteiger partial charge in [-0.1, -0.05) is 30.3 Å².